The van der Waals surface area contributed by atoms with E-state index in [2.05, 4.69) is 9.97 Å². The van der Waals surface area contributed by atoms with Gasteiger partial charge in [0.25, 0.3) is 0 Å². The van der Waals surface area contributed by atoms with E-state index in [1.165, 1.54) is 7.11 Å². The van der Waals surface area contributed by atoms with Crippen LogP contribution in [-0.2, 0) is 15.9 Å². The third-order valence-electron chi connectivity index (χ3n) is 4.14. The lowest BCUT2D eigenvalue weighted by molar-refractivity contribution is -0.0581. The number of aliphatic hydroxyl groups is 2. The van der Waals surface area contributed by atoms with E-state index in [0.29, 0.717) is 17.5 Å². The van der Waals surface area contributed by atoms with Crippen LogP contribution in [0.5, 0.6) is 0 Å². The maximum Gasteiger partial charge on any atom is 0.223 e. The van der Waals surface area contributed by atoms with Gasteiger partial charge >= 0.3 is 0 Å². The second kappa shape index (κ2) is 6.21. The number of halogens is 1. The molecule has 3 heterocycles. The molecule has 0 aliphatic carbocycles. The standard InChI is InChI=1S/C14H19ClN4O4/c1-3-6-4-19(12-8(6)11(15)17-14(16)18-12)13-10(22-2)9(21)7(5-20)23-13/h4,7,9-10,13,20-21H,3,5H2,1-2H3,(H2,16,17,18)/t7-,9-,10-,13?/m1/s1. The van der Waals surface area contributed by atoms with Gasteiger partial charge in [-0.05, 0) is 12.0 Å². The Morgan fingerprint density at radius 2 is 2.22 bits per heavy atom. The van der Waals surface area contributed by atoms with Crippen LogP contribution in [0.4, 0.5) is 5.95 Å². The van der Waals surface area contributed by atoms with E-state index in [9.17, 15) is 10.2 Å². The molecule has 4 N–H and O–H groups in total. The largest absolute Gasteiger partial charge is 0.394 e. The smallest absolute Gasteiger partial charge is 0.223 e. The van der Waals surface area contributed by atoms with E-state index >= 15 is 0 Å². The fourth-order valence-electron chi connectivity index (χ4n) is 3.00. The van der Waals surface area contributed by atoms with E-state index in [1.807, 2.05) is 13.1 Å². The normalized spacial score (nSPS) is 27.9. The molecular formula is C14H19ClN4O4. The van der Waals surface area contributed by atoms with E-state index in [-0.39, 0.29) is 17.7 Å². The van der Waals surface area contributed by atoms with Crippen LogP contribution in [0, 0.1) is 0 Å². The minimum Gasteiger partial charge on any atom is -0.394 e. The van der Waals surface area contributed by atoms with Crippen molar-refractivity contribution >= 4 is 28.6 Å². The lowest BCUT2D eigenvalue weighted by Gasteiger charge is -2.20. The maximum absolute atomic E-state index is 10.2. The SMILES string of the molecule is CCc1cn(C2O[C@H](CO)[C@@H](O)[C@H]2OC)c2nc(N)nc(Cl)c12. The van der Waals surface area contributed by atoms with Crippen LogP contribution in [0.2, 0.25) is 5.15 Å². The number of aliphatic hydroxyl groups excluding tert-OH is 2. The van der Waals surface area contributed by atoms with Crippen molar-refractivity contribution in [3.63, 3.8) is 0 Å². The predicted octanol–water partition coefficient (Wildman–Crippen LogP) is 0.495. The molecule has 0 radical (unpaired) electrons. The lowest BCUT2D eigenvalue weighted by atomic mass is 10.1. The summed E-state index contributed by atoms with van der Waals surface area (Å²) in [6, 6.07) is 0. The Morgan fingerprint density at radius 1 is 1.48 bits per heavy atom. The fraction of sp³-hybridized carbons (Fsp3) is 0.571. The molecule has 0 saturated carbocycles. The van der Waals surface area contributed by atoms with Crippen LogP contribution in [0.25, 0.3) is 11.0 Å². The van der Waals surface area contributed by atoms with Crippen LogP contribution in [-0.4, -0.2) is 56.8 Å². The molecule has 1 fully saturated rings. The van der Waals surface area contributed by atoms with Crippen molar-refractivity contribution in [2.24, 2.45) is 0 Å². The first-order valence-electron chi connectivity index (χ1n) is 7.31. The molecule has 1 saturated heterocycles. The van der Waals surface area contributed by atoms with Gasteiger partial charge in [-0.25, -0.2) is 4.98 Å². The van der Waals surface area contributed by atoms with Crippen molar-refractivity contribution in [2.45, 2.75) is 37.9 Å². The van der Waals surface area contributed by atoms with Crippen molar-refractivity contribution < 1.29 is 19.7 Å². The summed E-state index contributed by atoms with van der Waals surface area (Å²) in [4.78, 5) is 8.25. The summed E-state index contributed by atoms with van der Waals surface area (Å²) in [5.74, 6) is 0.0516. The summed E-state index contributed by atoms with van der Waals surface area (Å²) in [7, 11) is 1.48. The summed E-state index contributed by atoms with van der Waals surface area (Å²) in [6.45, 7) is 1.68. The Labute approximate surface area is 137 Å². The lowest BCUT2D eigenvalue weighted by Crippen LogP contribution is -2.34. The van der Waals surface area contributed by atoms with Gasteiger partial charge in [-0.2, -0.15) is 4.98 Å². The van der Waals surface area contributed by atoms with Gasteiger partial charge in [0.1, 0.15) is 29.1 Å². The molecule has 0 bridgehead atoms. The molecule has 0 amide bonds. The zero-order chi connectivity index (χ0) is 16.7. The van der Waals surface area contributed by atoms with Crippen molar-refractivity contribution in [3.8, 4) is 0 Å². The maximum atomic E-state index is 10.2. The Morgan fingerprint density at radius 3 is 2.83 bits per heavy atom. The zero-order valence-electron chi connectivity index (χ0n) is 12.8. The second-order valence-electron chi connectivity index (χ2n) is 5.42. The van der Waals surface area contributed by atoms with Gasteiger partial charge in [-0.1, -0.05) is 18.5 Å². The molecule has 0 aromatic carbocycles. The van der Waals surface area contributed by atoms with Gasteiger partial charge in [0, 0.05) is 13.3 Å². The highest BCUT2D eigenvalue weighted by molar-refractivity contribution is 6.34. The molecule has 4 atom stereocenters. The topological polar surface area (TPSA) is 116 Å². The number of aromatic nitrogens is 3. The number of nitrogens with two attached hydrogens (primary N) is 1. The number of hydrogen-bond donors (Lipinski definition) is 3. The van der Waals surface area contributed by atoms with Crippen LogP contribution >= 0.6 is 11.6 Å². The van der Waals surface area contributed by atoms with Crippen LogP contribution in [0.3, 0.4) is 0 Å². The highest BCUT2D eigenvalue weighted by Gasteiger charge is 2.45. The van der Waals surface area contributed by atoms with Crippen LogP contribution in [0.1, 0.15) is 18.7 Å². The molecule has 1 unspecified atom stereocenters. The van der Waals surface area contributed by atoms with Gasteiger partial charge in [0.2, 0.25) is 5.95 Å². The van der Waals surface area contributed by atoms with Gasteiger partial charge in [-0.15, -0.1) is 0 Å². The predicted molar refractivity (Wildman–Crippen MR) is 84.1 cm³/mol. The number of aryl methyl sites for hydroxylation is 1. The van der Waals surface area contributed by atoms with Gasteiger partial charge < -0.3 is 30.0 Å². The third-order valence-corrected chi connectivity index (χ3v) is 4.42. The quantitative estimate of drug-likeness (QED) is 0.693. The molecule has 3 rings (SSSR count). The molecular weight excluding hydrogens is 324 g/mol. The van der Waals surface area contributed by atoms with E-state index in [1.54, 1.807) is 4.57 Å². The number of methoxy groups -OCH3 is 1. The first kappa shape index (κ1) is 16.4. The third kappa shape index (κ3) is 2.56. The highest BCUT2D eigenvalue weighted by Crippen LogP contribution is 2.36. The van der Waals surface area contributed by atoms with Crippen molar-refractivity contribution in [3.05, 3.63) is 16.9 Å². The number of ether oxygens (including phenoxy) is 2. The number of fused-ring (bicyclic) bond motifs is 1. The summed E-state index contributed by atoms with van der Waals surface area (Å²) in [5, 5.41) is 20.5. The molecule has 8 nitrogen and oxygen atoms in total. The monoisotopic (exact) mass is 342 g/mol. The molecule has 23 heavy (non-hydrogen) atoms. The van der Waals surface area contributed by atoms with Crippen molar-refractivity contribution in [1.29, 1.82) is 0 Å². The molecule has 9 heteroatoms. The molecule has 1 aliphatic heterocycles. The van der Waals surface area contributed by atoms with E-state index in [0.717, 1.165) is 5.56 Å². The molecule has 1 aliphatic rings. The van der Waals surface area contributed by atoms with Crippen LogP contribution < -0.4 is 5.73 Å². The average molecular weight is 343 g/mol. The van der Waals surface area contributed by atoms with E-state index in [4.69, 9.17) is 26.8 Å². The summed E-state index contributed by atoms with van der Waals surface area (Å²) >= 11 is 6.22. The zero-order valence-corrected chi connectivity index (χ0v) is 13.6. The molecule has 126 valence electrons. The number of anilines is 1. The Kier molecular flexibility index (Phi) is 4.43. The van der Waals surface area contributed by atoms with Crippen molar-refractivity contribution in [1.82, 2.24) is 14.5 Å². The summed E-state index contributed by atoms with van der Waals surface area (Å²) in [5.41, 5.74) is 7.16. The first-order valence-corrected chi connectivity index (χ1v) is 7.69. The fourth-order valence-corrected chi connectivity index (χ4v) is 3.30. The highest BCUT2D eigenvalue weighted by atomic mass is 35.5. The molecule has 2 aromatic rings. The minimum absolute atomic E-state index is 0.0516. The Balaban J connectivity index is 2.16. The summed E-state index contributed by atoms with van der Waals surface area (Å²) < 4.78 is 12.8. The molecule has 2 aromatic heterocycles. The minimum atomic E-state index is -0.952. The average Bonchev–Trinajstić information content (AvgIpc) is 3.04. The second-order valence-corrected chi connectivity index (χ2v) is 5.78. The number of nitrogen functional groups attached to an aromatic ring is 1. The van der Waals surface area contributed by atoms with Crippen LogP contribution in [0.15, 0.2) is 6.20 Å². The summed E-state index contributed by atoms with van der Waals surface area (Å²) in [6.07, 6.45) is -0.433. The number of hydrogen-bond acceptors (Lipinski definition) is 7. The van der Waals surface area contributed by atoms with Gasteiger partial charge in [0.15, 0.2) is 6.23 Å². The first-order chi connectivity index (χ1) is 11.0. The molecule has 0 spiro atoms. The van der Waals surface area contributed by atoms with Gasteiger partial charge in [-0.3, -0.25) is 0 Å². The number of rotatable bonds is 4. The number of nitrogens with zero attached hydrogens (tertiary/aromatic N) is 3. The van der Waals surface area contributed by atoms with Gasteiger partial charge in [0.05, 0.1) is 12.0 Å². The van der Waals surface area contributed by atoms with Crippen molar-refractivity contribution in [2.75, 3.05) is 19.5 Å². The van der Waals surface area contributed by atoms with E-state index < -0.39 is 24.5 Å². The Bertz CT molecular complexity index is 722. The Hall–Kier alpha value is -1.45.